The van der Waals surface area contributed by atoms with Crippen molar-refractivity contribution in [2.45, 2.75) is 20.1 Å². The Morgan fingerprint density at radius 1 is 1.03 bits per heavy atom. The molecule has 0 atom stereocenters. The van der Waals surface area contributed by atoms with Gasteiger partial charge in [0.1, 0.15) is 18.2 Å². The molecule has 1 aliphatic rings. The Labute approximate surface area is 224 Å². The summed E-state index contributed by atoms with van der Waals surface area (Å²) in [5, 5.41) is -0.311. The van der Waals surface area contributed by atoms with Crippen LogP contribution in [0.25, 0.3) is 6.08 Å². The first-order valence-corrected chi connectivity index (χ1v) is 12.8. The molecule has 1 saturated heterocycles. The highest BCUT2D eigenvalue weighted by atomic mass is 79.9. The molecule has 3 aromatic carbocycles. The van der Waals surface area contributed by atoms with Crippen LogP contribution in [0.5, 0.6) is 11.5 Å². The van der Waals surface area contributed by atoms with Crippen molar-refractivity contribution in [2.24, 2.45) is 0 Å². The van der Waals surface area contributed by atoms with Crippen molar-refractivity contribution in [1.82, 2.24) is 4.90 Å². The van der Waals surface area contributed by atoms with Crippen molar-refractivity contribution in [3.63, 3.8) is 0 Å². The Kier molecular flexibility index (Phi) is 8.33. The minimum atomic E-state index is -0.501. The first kappa shape index (κ1) is 26.2. The fraction of sp³-hybridized carbons (Fsp3) is 0.154. The highest BCUT2D eigenvalue weighted by Crippen LogP contribution is 2.40. The molecule has 0 bridgehead atoms. The minimum absolute atomic E-state index is 0.0643. The lowest BCUT2D eigenvalue weighted by atomic mass is 10.1. The monoisotopic (exact) mass is 593 g/mol. The predicted molar refractivity (Wildman–Crippen MR) is 139 cm³/mol. The molecular formula is C26H19BrClF2NO4S. The van der Waals surface area contributed by atoms with Crippen LogP contribution in [0, 0.1) is 11.6 Å². The van der Waals surface area contributed by atoms with Crippen LogP contribution < -0.4 is 9.47 Å². The molecule has 1 aliphatic heterocycles. The number of nitrogens with zero attached hydrogens (tertiary/aromatic N) is 1. The quantitative estimate of drug-likeness (QED) is 0.252. The van der Waals surface area contributed by atoms with E-state index in [-0.39, 0.29) is 28.9 Å². The van der Waals surface area contributed by atoms with Crippen molar-refractivity contribution < 1.29 is 27.8 Å². The van der Waals surface area contributed by atoms with Crippen molar-refractivity contribution in [3.8, 4) is 11.5 Å². The molecule has 0 radical (unpaired) electrons. The maximum absolute atomic E-state index is 13.3. The van der Waals surface area contributed by atoms with Crippen LogP contribution in [-0.4, -0.2) is 22.7 Å². The van der Waals surface area contributed by atoms with E-state index in [2.05, 4.69) is 15.9 Å². The fourth-order valence-corrected chi connectivity index (χ4v) is 5.06. The second-order valence-corrected chi connectivity index (χ2v) is 9.94. The largest absolute Gasteiger partial charge is 0.490 e. The summed E-state index contributed by atoms with van der Waals surface area (Å²) in [5.74, 6) is -0.408. The Morgan fingerprint density at radius 3 is 2.44 bits per heavy atom. The van der Waals surface area contributed by atoms with Gasteiger partial charge in [0, 0.05) is 5.02 Å². The minimum Gasteiger partial charge on any atom is -0.490 e. The zero-order chi connectivity index (χ0) is 25.8. The van der Waals surface area contributed by atoms with E-state index in [0.717, 1.165) is 28.3 Å². The topological polar surface area (TPSA) is 55.8 Å². The molecule has 0 aliphatic carbocycles. The average molecular weight is 595 g/mol. The summed E-state index contributed by atoms with van der Waals surface area (Å²) in [4.78, 5) is 26.8. The molecule has 4 rings (SSSR count). The highest BCUT2D eigenvalue weighted by molar-refractivity contribution is 9.10. The number of carbonyl (C=O) groups is 2. The van der Waals surface area contributed by atoms with E-state index in [9.17, 15) is 18.4 Å². The Balaban J connectivity index is 1.55. The molecule has 2 amide bonds. The number of imide groups is 1. The van der Waals surface area contributed by atoms with Crippen molar-refractivity contribution in [2.75, 3.05) is 6.61 Å². The molecule has 0 aromatic heterocycles. The third-order valence-electron chi connectivity index (χ3n) is 5.14. The molecule has 36 heavy (non-hydrogen) atoms. The number of halogens is 4. The zero-order valence-electron chi connectivity index (χ0n) is 18.9. The van der Waals surface area contributed by atoms with Gasteiger partial charge in [0.25, 0.3) is 11.1 Å². The lowest BCUT2D eigenvalue weighted by Crippen LogP contribution is -2.27. The molecule has 5 nitrogen and oxygen atoms in total. The van der Waals surface area contributed by atoms with Gasteiger partial charge < -0.3 is 9.47 Å². The second-order valence-electron chi connectivity index (χ2n) is 7.68. The molecule has 0 N–H and O–H groups in total. The van der Waals surface area contributed by atoms with E-state index in [1.165, 1.54) is 24.3 Å². The van der Waals surface area contributed by atoms with Crippen LogP contribution in [0.15, 0.2) is 64.0 Å². The number of thioether (sulfide) groups is 1. The van der Waals surface area contributed by atoms with E-state index < -0.39 is 17.0 Å². The molecule has 3 aromatic rings. The van der Waals surface area contributed by atoms with Gasteiger partial charge in [-0.2, -0.15) is 0 Å². The third-order valence-corrected chi connectivity index (χ3v) is 6.99. The van der Waals surface area contributed by atoms with Crippen LogP contribution in [0.4, 0.5) is 13.6 Å². The summed E-state index contributed by atoms with van der Waals surface area (Å²) in [5.41, 5.74) is 1.86. The van der Waals surface area contributed by atoms with Gasteiger partial charge in [-0.05, 0) is 93.8 Å². The van der Waals surface area contributed by atoms with E-state index in [0.29, 0.717) is 33.7 Å². The molecule has 0 saturated carbocycles. The fourth-order valence-electron chi connectivity index (χ4n) is 3.42. The van der Waals surface area contributed by atoms with Crippen molar-refractivity contribution in [1.29, 1.82) is 0 Å². The normalized spacial score (nSPS) is 14.6. The lowest BCUT2D eigenvalue weighted by molar-refractivity contribution is -0.123. The first-order valence-electron chi connectivity index (χ1n) is 10.8. The van der Waals surface area contributed by atoms with Gasteiger partial charge in [0.05, 0.1) is 22.5 Å². The number of hydrogen-bond acceptors (Lipinski definition) is 5. The van der Waals surface area contributed by atoms with Gasteiger partial charge in [-0.1, -0.05) is 29.8 Å². The van der Waals surface area contributed by atoms with Crippen LogP contribution in [0.1, 0.15) is 23.6 Å². The summed E-state index contributed by atoms with van der Waals surface area (Å²) in [6.07, 6.45) is 1.59. The molecule has 1 heterocycles. The molecule has 186 valence electrons. The third kappa shape index (κ3) is 6.08. The van der Waals surface area contributed by atoms with Gasteiger partial charge in [-0.3, -0.25) is 14.5 Å². The molecule has 10 heteroatoms. The Morgan fingerprint density at radius 2 is 1.75 bits per heavy atom. The first-order chi connectivity index (χ1) is 17.2. The summed E-state index contributed by atoms with van der Waals surface area (Å²) in [6.45, 7) is 2.34. The maximum Gasteiger partial charge on any atom is 0.293 e. The van der Waals surface area contributed by atoms with Gasteiger partial charge in [0.2, 0.25) is 0 Å². The van der Waals surface area contributed by atoms with Gasteiger partial charge in [-0.15, -0.1) is 0 Å². The predicted octanol–water partition coefficient (Wildman–Crippen LogP) is 7.59. The summed E-state index contributed by atoms with van der Waals surface area (Å²) in [6, 6.07) is 13.2. The summed E-state index contributed by atoms with van der Waals surface area (Å²) in [7, 11) is 0. The maximum atomic E-state index is 13.3. The van der Waals surface area contributed by atoms with Crippen LogP contribution in [-0.2, 0) is 17.9 Å². The number of benzene rings is 3. The molecular weight excluding hydrogens is 576 g/mol. The van der Waals surface area contributed by atoms with Crippen LogP contribution >= 0.6 is 39.3 Å². The highest BCUT2D eigenvalue weighted by Gasteiger charge is 2.35. The zero-order valence-corrected chi connectivity index (χ0v) is 22.1. The average Bonchev–Trinajstić information content (AvgIpc) is 3.08. The van der Waals surface area contributed by atoms with Crippen molar-refractivity contribution >= 4 is 56.5 Å². The van der Waals surface area contributed by atoms with Gasteiger partial charge >= 0.3 is 0 Å². The molecule has 0 unspecified atom stereocenters. The number of hydrogen-bond donors (Lipinski definition) is 0. The molecule has 0 spiro atoms. The number of amides is 2. The number of carbonyl (C=O) groups excluding carboxylic acids is 2. The van der Waals surface area contributed by atoms with Gasteiger partial charge in [-0.25, -0.2) is 8.78 Å². The van der Waals surface area contributed by atoms with Crippen molar-refractivity contribution in [3.05, 3.63) is 97.3 Å². The van der Waals surface area contributed by atoms with Gasteiger partial charge in [0.15, 0.2) is 11.5 Å². The van der Waals surface area contributed by atoms with E-state index >= 15 is 0 Å². The smallest absolute Gasteiger partial charge is 0.293 e. The molecule has 1 fully saturated rings. The standard InChI is InChI=1S/C26H19BrClF2NO4S/c1-2-34-22-10-16(9-20(27)24(22)35-14-15-3-6-18(29)7-4-15)11-23-25(32)31(26(33)36-23)13-17-5-8-19(30)12-21(17)28/h3-12H,2,13-14H2,1H3/b23-11-. The lowest BCUT2D eigenvalue weighted by Gasteiger charge is -2.15. The van der Waals surface area contributed by atoms with E-state index in [1.807, 2.05) is 6.92 Å². The summed E-state index contributed by atoms with van der Waals surface area (Å²) < 4.78 is 38.7. The van der Waals surface area contributed by atoms with Crippen LogP contribution in [0.2, 0.25) is 5.02 Å². The van der Waals surface area contributed by atoms with E-state index in [4.69, 9.17) is 21.1 Å². The number of ether oxygens (including phenoxy) is 2. The summed E-state index contributed by atoms with van der Waals surface area (Å²) >= 11 is 10.4. The Hall–Kier alpha value is -2.88. The Bertz CT molecular complexity index is 1350. The second kappa shape index (κ2) is 11.5. The number of rotatable bonds is 8. The van der Waals surface area contributed by atoms with E-state index in [1.54, 1.807) is 30.3 Å². The van der Waals surface area contributed by atoms with Crippen LogP contribution in [0.3, 0.4) is 0 Å². The SMILES string of the molecule is CCOc1cc(/C=C2\SC(=O)N(Cc3ccc(F)cc3Cl)C2=O)cc(Br)c1OCc1ccc(F)cc1.